The van der Waals surface area contributed by atoms with Crippen molar-refractivity contribution in [3.8, 4) is 11.5 Å². The molecule has 7 nitrogen and oxygen atoms in total. The lowest BCUT2D eigenvalue weighted by Gasteiger charge is -2.21. The Balaban J connectivity index is 1.39. The lowest BCUT2D eigenvalue weighted by atomic mass is 10.1. The van der Waals surface area contributed by atoms with Crippen molar-refractivity contribution in [3.05, 3.63) is 64.9 Å². The monoisotopic (exact) mass is 398 g/mol. The molecule has 3 aromatic rings. The fraction of sp³-hybridized carbons (Fsp3) is 0.200. The summed E-state index contributed by atoms with van der Waals surface area (Å²) in [4.78, 5) is 25.1. The Kier molecular flexibility index (Phi) is 5.03. The van der Waals surface area contributed by atoms with Crippen LogP contribution >= 0.6 is 11.3 Å². The molecule has 0 aliphatic carbocycles. The lowest BCUT2D eigenvalue weighted by Crippen LogP contribution is -2.26. The van der Waals surface area contributed by atoms with Crippen LogP contribution in [0.25, 0.3) is 0 Å². The number of rotatable bonds is 5. The normalized spacial score (nSPS) is 13.6. The Morgan fingerprint density at radius 1 is 1.04 bits per heavy atom. The van der Waals surface area contributed by atoms with Gasteiger partial charge in [-0.15, -0.1) is 11.3 Å². The number of benzene rings is 1. The fourth-order valence-electron chi connectivity index (χ4n) is 2.79. The largest absolute Gasteiger partial charge is 0.486 e. The summed E-state index contributed by atoms with van der Waals surface area (Å²) in [5.74, 6) is 1.04. The second-order valence-electron chi connectivity index (χ2n) is 6.19. The summed E-state index contributed by atoms with van der Waals surface area (Å²) in [7, 11) is 0. The van der Waals surface area contributed by atoms with E-state index in [1.807, 2.05) is 25.1 Å². The predicted octanol–water partition coefficient (Wildman–Crippen LogP) is 3.86. The molecule has 1 aromatic carbocycles. The van der Waals surface area contributed by atoms with Gasteiger partial charge in [-0.05, 0) is 48.9 Å². The van der Waals surface area contributed by atoms with Gasteiger partial charge in [-0.25, -0.2) is 0 Å². The molecule has 2 amide bonds. The Hall–Kier alpha value is -3.26. The number of furan rings is 1. The highest BCUT2D eigenvalue weighted by atomic mass is 32.1. The van der Waals surface area contributed by atoms with Crippen molar-refractivity contribution in [2.75, 3.05) is 18.5 Å². The average Bonchev–Trinajstić information content (AvgIpc) is 3.39. The predicted molar refractivity (Wildman–Crippen MR) is 104 cm³/mol. The molecule has 1 aliphatic heterocycles. The maximum Gasteiger partial charge on any atom is 0.291 e. The smallest absolute Gasteiger partial charge is 0.291 e. The van der Waals surface area contributed by atoms with E-state index >= 15 is 0 Å². The molecule has 1 unspecified atom stereocenters. The molecular weight excluding hydrogens is 380 g/mol. The maximum atomic E-state index is 12.6. The molecule has 8 heteroatoms. The van der Waals surface area contributed by atoms with Crippen LogP contribution in [0.3, 0.4) is 0 Å². The van der Waals surface area contributed by atoms with E-state index in [1.54, 1.807) is 24.3 Å². The van der Waals surface area contributed by atoms with Gasteiger partial charge in [0.25, 0.3) is 11.8 Å². The molecule has 1 atom stereocenters. The van der Waals surface area contributed by atoms with Gasteiger partial charge in [-0.3, -0.25) is 9.59 Å². The van der Waals surface area contributed by atoms with Crippen LogP contribution in [0.15, 0.2) is 53.1 Å². The van der Waals surface area contributed by atoms with Gasteiger partial charge in [-0.1, -0.05) is 6.07 Å². The van der Waals surface area contributed by atoms with E-state index in [0.29, 0.717) is 34.6 Å². The topological polar surface area (TPSA) is 89.8 Å². The van der Waals surface area contributed by atoms with Crippen molar-refractivity contribution < 1.29 is 23.5 Å². The van der Waals surface area contributed by atoms with Gasteiger partial charge in [0.05, 0.1) is 22.2 Å². The molecule has 2 N–H and O–H groups in total. The van der Waals surface area contributed by atoms with Crippen LogP contribution in [-0.2, 0) is 0 Å². The SMILES string of the molecule is CC(NC(=O)c1ccc(NC(=O)c2ccco2)s1)c1ccc2c(c1)OCCO2. The van der Waals surface area contributed by atoms with Crippen LogP contribution in [0.4, 0.5) is 5.00 Å². The highest BCUT2D eigenvalue weighted by Gasteiger charge is 2.18. The number of hydrogen-bond donors (Lipinski definition) is 2. The average molecular weight is 398 g/mol. The molecule has 2 aromatic heterocycles. The van der Waals surface area contributed by atoms with Gasteiger partial charge < -0.3 is 24.5 Å². The second-order valence-corrected chi connectivity index (χ2v) is 7.28. The number of thiophene rings is 1. The first kappa shape index (κ1) is 18.1. The van der Waals surface area contributed by atoms with Crippen LogP contribution in [0.5, 0.6) is 11.5 Å². The molecular formula is C20H18N2O5S. The Bertz CT molecular complexity index is 996. The molecule has 1 aliphatic rings. The number of anilines is 1. The lowest BCUT2D eigenvalue weighted by molar-refractivity contribution is 0.0942. The minimum absolute atomic E-state index is 0.214. The number of carbonyl (C=O) groups excluding carboxylic acids is 2. The third-order valence-corrected chi connectivity index (χ3v) is 5.22. The highest BCUT2D eigenvalue weighted by Crippen LogP contribution is 2.32. The number of carbonyl (C=O) groups is 2. The number of nitrogens with one attached hydrogen (secondary N) is 2. The van der Waals surface area contributed by atoms with Gasteiger partial charge in [-0.2, -0.15) is 0 Å². The van der Waals surface area contributed by atoms with E-state index in [2.05, 4.69) is 10.6 Å². The Morgan fingerprint density at radius 3 is 2.64 bits per heavy atom. The van der Waals surface area contributed by atoms with Gasteiger partial charge in [0, 0.05) is 0 Å². The first-order chi connectivity index (χ1) is 13.6. The summed E-state index contributed by atoms with van der Waals surface area (Å²) in [5.41, 5.74) is 0.917. The molecule has 0 bridgehead atoms. The van der Waals surface area contributed by atoms with Crippen molar-refractivity contribution in [2.45, 2.75) is 13.0 Å². The summed E-state index contributed by atoms with van der Waals surface area (Å²) in [6.07, 6.45) is 1.43. The molecule has 4 rings (SSSR count). The molecule has 144 valence electrons. The Labute approximate surface area is 165 Å². The van der Waals surface area contributed by atoms with E-state index < -0.39 is 0 Å². The van der Waals surface area contributed by atoms with Gasteiger partial charge in [0.2, 0.25) is 0 Å². The van der Waals surface area contributed by atoms with Crippen LogP contribution in [0.1, 0.15) is 38.8 Å². The number of hydrogen-bond acceptors (Lipinski definition) is 6. The standard InChI is InChI=1S/C20H18N2O5S/c1-12(13-4-5-14-16(11-13)27-10-9-26-14)21-20(24)17-6-7-18(28-17)22-19(23)15-3-2-8-25-15/h2-8,11-12H,9-10H2,1H3,(H,21,24)(H,22,23). The fourth-order valence-corrected chi connectivity index (χ4v) is 3.59. The minimum Gasteiger partial charge on any atom is -0.486 e. The van der Waals surface area contributed by atoms with E-state index in [4.69, 9.17) is 13.9 Å². The van der Waals surface area contributed by atoms with Gasteiger partial charge in [0.15, 0.2) is 17.3 Å². The van der Waals surface area contributed by atoms with Gasteiger partial charge in [0.1, 0.15) is 13.2 Å². The van der Waals surface area contributed by atoms with Gasteiger partial charge >= 0.3 is 0 Å². The zero-order chi connectivity index (χ0) is 19.5. The second kappa shape index (κ2) is 7.77. The summed E-state index contributed by atoms with van der Waals surface area (Å²) in [5, 5.41) is 6.24. The van der Waals surface area contributed by atoms with Crippen molar-refractivity contribution >= 4 is 28.2 Å². The third kappa shape index (κ3) is 3.86. The molecule has 0 radical (unpaired) electrons. The zero-order valence-electron chi connectivity index (χ0n) is 15.1. The van der Waals surface area contributed by atoms with Crippen LogP contribution in [0.2, 0.25) is 0 Å². The van der Waals surface area contributed by atoms with Crippen LogP contribution in [0, 0.1) is 0 Å². The van der Waals surface area contributed by atoms with Crippen molar-refractivity contribution in [1.29, 1.82) is 0 Å². The third-order valence-electron chi connectivity index (χ3n) is 4.23. The van der Waals surface area contributed by atoms with Crippen molar-refractivity contribution in [2.24, 2.45) is 0 Å². The molecule has 0 spiro atoms. The summed E-state index contributed by atoms with van der Waals surface area (Å²) in [6.45, 7) is 2.95. The first-order valence-electron chi connectivity index (χ1n) is 8.75. The zero-order valence-corrected chi connectivity index (χ0v) is 15.9. The van der Waals surface area contributed by atoms with Crippen LogP contribution in [-0.4, -0.2) is 25.0 Å². The summed E-state index contributed by atoms with van der Waals surface area (Å²) >= 11 is 1.20. The maximum absolute atomic E-state index is 12.6. The number of ether oxygens (including phenoxy) is 2. The first-order valence-corrected chi connectivity index (χ1v) is 9.57. The van der Waals surface area contributed by atoms with Crippen molar-refractivity contribution in [3.63, 3.8) is 0 Å². The highest BCUT2D eigenvalue weighted by molar-refractivity contribution is 7.18. The minimum atomic E-state index is -0.358. The summed E-state index contributed by atoms with van der Waals surface area (Å²) in [6, 6.07) is 12.0. The number of fused-ring (bicyclic) bond motifs is 1. The van der Waals surface area contributed by atoms with E-state index in [1.165, 1.54) is 17.6 Å². The van der Waals surface area contributed by atoms with Crippen LogP contribution < -0.4 is 20.1 Å². The molecule has 0 saturated heterocycles. The van der Waals surface area contributed by atoms with E-state index in [9.17, 15) is 9.59 Å². The molecule has 28 heavy (non-hydrogen) atoms. The molecule has 3 heterocycles. The van der Waals surface area contributed by atoms with Crippen molar-refractivity contribution in [1.82, 2.24) is 5.32 Å². The quantitative estimate of drug-likeness (QED) is 0.681. The Morgan fingerprint density at radius 2 is 1.86 bits per heavy atom. The molecule has 0 saturated carbocycles. The van der Waals surface area contributed by atoms with E-state index in [-0.39, 0.29) is 23.6 Å². The number of amides is 2. The molecule has 0 fully saturated rings. The summed E-state index contributed by atoms with van der Waals surface area (Å²) < 4.78 is 16.2. The van der Waals surface area contributed by atoms with E-state index in [0.717, 1.165) is 5.56 Å².